The van der Waals surface area contributed by atoms with Crippen LogP contribution in [0.25, 0.3) is 0 Å². The summed E-state index contributed by atoms with van der Waals surface area (Å²) in [5, 5.41) is 4.22. The van der Waals surface area contributed by atoms with E-state index < -0.39 is 0 Å². The summed E-state index contributed by atoms with van der Waals surface area (Å²) in [6.45, 7) is 0.704. The monoisotopic (exact) mass is 396 g/mol. The summed E-state index contributed by atoms with van der Waals surface area (Å²) in [4.78, 5) is 0. The Labute approximate surface area is 135 Å². The molecule has 0 spiro atoms. The number of hydrogen-bond acceptors (Lipinski definition) is 3. The maximum Gasteiger partial charge on any atom is 0.147 e. The Kier molecular flexibility index (Phi) is 5.61. The largest absolute Gasteiger partial charge is 0.494 e. The molecule has 104 valence electrons. The lowest BCUT2D eigenvalue weighted by atomic mass is 10.2. The van der Waals surface area contributed by atoms with Gasteiger partial charge in [-0.25, -0.2) is 0 Å². The van der Waals surface area contributed by atoms with Crippen molar-refractivity contribution in [2.75, 3.05) is 7.11 Å². The summed E-state index contributed by atoms with van der Waals surface area (Å²) >= 11 is 6.93. The lowest BCUT2D eigenvalue weighted by Crippen LogP contribution is -2.05. The molecule has 0 aliphatic carbocycles. The molecule has 0 saturated carbocycles. The van der Waals surface area contributed by atoms with E-state index in [2.05, 4.69) is 54.5 Å². The van der Waals surface area contributed by atoms with Gasteiger partial charge in [0, 0.05) is 0 Å². The van der Waals surface area contributed by atoms with Crippen molar-refractivity contribution in [2.45, 2.75) is 6.54 Å². The van der Waals surface area contributed by atoms with Gasteiger partial charge in [-0.15, -0.1) is 0 Å². The fraction of sp³-hybridized carbons (Fsp3) is 0.133. The summed E-state index contributed by atoms with van der Waals surface area (Å²) in [5.74, 6) is 0.777. The Bertz CT molecular complexity index is 577. The van der Waals surface area contributed by atoms with Gasteiger partial charge in [0.1, 0.15) is 5.75 Å². The normalized spacial score (nSPS) is 10.8. The van der Waals surface area contributed by atoms with Gasteiger partial charge in [0.2, 0.25) is 0 Å². The van der Waals surface area contributed by atoms with Gasteiger partial charge < -0.3 is 10.2 Å². The molecule has 0 atom stereocenters. The molecule has 0 aliphatic rings. The van der Waals surface area contributed by atoms with E-state index in [1.165, 1.54) is 5.56 Å². The van der Waals surface area contributed by atoms with Crippen molar-refractivity contribution >= 4 is 38.1 Å². The van der Waals surface area contributed by atoms with Crippen molar-refractivity contribution in [3.05, 3.63) is 62.5 Å². The number of halogens is 2. The van der Waals surface area contributed by atoms with E-state index in [4.69, 9.17) is 4.74 Å². The second kappa shape index (κ2) is 7.45. The van der Waals surface area contributed by atoms with Crippen LogP contribution in [0, 0.1) is 0 Å². The zero-order valence-corrected chi connectivity index (χ0v) is 14.1. The second-order valence-corrected chi connectivity index (χ2v) is 5.81. The Morgan fingerprint density at radius 2 is 1.80 bits per heavy atom. The topological polar surface area (TPSA) is 33.6 Å². The van der Waals surface area contributed by atoms with Gasteiger partial charge in [0.15, 0.2) is 0 Å². The standard InChI is InChI=1S/C15H14Br2N2O/c1-20-15-13(16)7-12(8-14(15)17)10-19-18-9-11-5-3-2-4-6-11/h2-8,10,18H,9H2,1H3. The summed E-state index contributed by atoms with van der Waals surface area (Å²) in [7, 11) is 1.64. The highest BCUT2D eigenvalue weighted by Gasteiger charge is 2.06. The first-order valence-electron chi connectivity index (χ1n) is 6.03. The van der Waals surface area contributed by atoms with Crippen molar-refractivity contribution in [1.29, 1.82) is 0 Å². The minimum atomic E-state index is 0.704. The smallest absolute Gasteiger partial charge is 0.147 e. The number of nitrogens with one attached hydrogen (secondary N) is 1. The summed E-state index contributed by atoms with van der Waals surface area (Å²) < 4.78 is 7.04. The first kappa shape index (κ1) is 15.1. The molecule has 0 saturated heterocycles. The van der Waals surface area contributed by atoms with E-state index in [1.54, 1.807) is 13.3 Å². The van der Waals surface area contributed by atoms with E-state index in [-0.39, 0.29) is 0 Å². The second-order valence-electron chi connectivity index (χ2n) is 4.10. The lowest BCUT2D eigenvalue weighted by molar-refractivity contribution is 0.409. The molecule has 0 fully saturated rings. The van der Waals surface area contributed by atoms with E-state index in [0.717, 1.165) is 20.3 Å². The maximum absolute atomic E-state index is 5.26. The van der Waals surface area contributed by atoms with Gasteiger partial charge in [0.05, 0.1) is 28.8 Å². The zero-order chi connectivity index (χ0) is 14.4. The molecule has 0 amide bonds. The molecule has 3 nitrogen and oxygen atoms in total. The minimum absolute atomic E-state index is 0.704. The Balaban J connectivity index is 1.98. The molecule has 0 aliphatic heterocycles. The van der Waals surface area contributed by atoms with Crippen LogP contribution in [0.5, 0.6) is 5.75 Å². The molecule has 2 rings (SSSR count). The summed E-state index contributed by atoms with van der Waals surface area (Å²) in [6, 6.07) is 14.1. The first-order chi connectivity index (χ1) is 9.70. The van der Waals surface area contributed by atoms with E-state index in [9.17, 15) is 0 Å². The maximum atomic E-state index is 5.26. The number of methoxy groups -OCH3 is 1. The van der Waals surface area contributed by atoms with Gasteiger partial charge in [-0.05, 0) is 55.1 Å². The average Bonchev–Trinajstić information content (AvgIpc) is 2.44. The molecule has 2 aromatic carbocycles. The van der Waals surface area contributed by atoms with Gasteiger partial charge in [-0.3, -0.25) is 0 Å². The van der Waals surface area contributed by atoms with Gasteiger partial charge >= 0.3 is 0 Å². The Hall–Kier alpha value is -1.33. The van der Waals surface area contributed by atoms with E-state index in [0.29, 0.717) is 6.54 Å². The first-order valence-corrected chi connectivity index (χ1v) is 7.62. The third-order valence-electron chi connectivity index (χ3n) is 2.66. The Morgan fingerprint density at radius 3 is 2.40 bits per heavy atom. The van der Waals surface area contributed by atoms with Crippen LogP contribution in [0.15, 0.2) is 56.5 Å². The highest BCUT2D eigenvalue weighted by Crippen LogP contribution is 2.33. The van der Waals surface area contributed by atoms with Crippen molar-refractivity contribution in [1.82, 2.24) is 5.43 Å². The van der Waals surface area contributed by atoms with Crippen LogP contribution < -0.4 is 10.2 Å². The van der Waals surface area contributed by atoms with Crippen LogP contribution in [-0.4, -0.2) is 13.3 Å². The van der Waals surface area contributed by atoms with E-state index >= 15 is 0 Å². The molecule has 1 N–H and O–H groups in total. The molecule has 0 heterocycles. The Morgan fingerprint density at radius 1 is 1.15 bits per heavy atom. The number of nitrogens with zero attached hydrogens (tertiary/aromatic N) is 1. The minimum Gasteiger partial charge on any atom is -0.494 e. The predicted molar refractivity (Wildman–Crippen MR) is 89.3 cm³/mol. The van der Waals surface area contributed by atoms with Crippen LogP contribution in [0.1, 0.15) is 11.1 Å². The third kappa shape index (κ3) is 4.08. The van der Waals surface area contributed by atoms with Crippen molar-refractivity contribution in [3.8, 4) is 5.75 Å². The number of benzene rings is 2. The fourth-order valence-electron chi connectivity index (χ4n) is 1.70. The summed E-state index contributed by atoms with van der Waals surface area (Å²) in [5.41, 5.74) is 5.20. The molecule has 2 aromatic rings. The van der Waals surface area contributed by atoms with Crippen molar-refractivity contribution in [2.24, 2.45) is 5.10 Å². The highest BCUT2D eigenvalue weighted by molar-refractivity contribution is 9.11. The molecular formula is C15H14Br2N2O. The predicted octanol–water partition coefficient (Wildman–Crippen LogP) is 4.34. The van der Waals surface area contributed by atoms with Crippen LogP contribution >= 0.6 is 31.9 Å². The molecule has 0 radical (unpaired) electrons. The van der Waals surface area contributed by atoms with Gasteiger partial charge in [0.25, 0.3) is 0 Å². The molecule has 0 aromatic heterocycles. The van der Waals surface area contributed by atoms with Gasteiger partial charge in [-0.2, -0.15) is 5.10 Å². The van der Waals surface area contributed by atoms with Crippen LogP contribution in [0.2, 0.25) is 0 Å². The van der Waals surface area contributed by atoms with Crippen LogP contribution in [0.4, 0.5) is 0 Å². The number of rotatable bonds is 5. The highest BCUT2D eigenvalue weighted by atomic mass is 79.9. The summed E-state index contributed by atoms with van der Waals surface area (Å²) in [6.07, 6.45) is 1.78. The zero-order valence-electron chi connectivity index (χ0n) is 10.9. The number of ether oxygens (including phenoxy) is 1. The molecule has 0 bridgehead atoms. The fourth-order valence-corrected chi connectivity index (χ4v) is 3.25. The SMILES string of the molecule is COc1c(Br)cc(C=NNCc2ccccc2)cc1Br. The van der Waals surface area contributed by atoms with Gasteiger partial charge in [-0.1, -0.05) is 30.3 Å². The number of hydrogen-bond donors (Lipinski definition) is 1. The average molecular weight is 398 g/mol. The third-order valence-corrected chi connectivity index (χ3v) is 3.83. The van der Waals surface area contributed by atoms with Crippen molar-refractivity contribution < 1.29 is 4.74 Å². The quantitative estimate of drug-likeness (QED) is 0.601. The number of hydrazone groups is 1. The molecule has 5 heteroatoms. The molecule has 20 heavy (non-hydrogen) atoms. The van der Waals surface area contributed by atoms with E-state index in [1.807, 2.05) is 30.3 Å². The molecular weight excluding hydrogens is 384 g/mol. The van der Waals surface area contributed by atoms with Crippen molar-refractivity contribution in [3.63, 3.8) is 0 Å². The molecule has 0 unspecified atom stereocenters. The van der Waals surface area contributed by atoms with Crippen LogP contribution in [-0.2, 0) is 6.54 Å². The lowest BCUT2D eigenvalue weighted by Gasteiger charge is -2.07. The van der Waals surface area contributed by atoms with Crippen LogP contribution in [0.3, 0.4) is 0 Å².